The van der Waals surface area contributed by atoms with Crippen LogP contribution in [0.5, 0.6) is 5.75 Å². The standard InChI is InChI=1S/C23H24FN3O2/c1-17(29-21-9-5-4-8-20(21)24)23(28)27(22-10-6-7-15-25-22)16-18-11-13-19(14-12-18)26(2)3/h4-15,17H,16H2,1-3H3. The van der Waals surface area contributed by atoms with Crippen LogP contribution >= 0.6 is 0 Å². The SMILES string of the molecule is CC(Oc1ccccc1F)C(=O)N(Cc1ccc(N(C)C)cc1)c1ccccn1. The van der Waals surface area contributed by atoms with Gasteiger partial charge in [-0.05, 0) is 48.9 Å². The van der Waals surface area contributed by atoms with Crippen molar-refractivity contribution in [3.05, 3.63) is 84.3 Å². The fourth-order valence-electron chi connectivity index (χ4n) is 2.87. The lowest BCUT2D eigenvalue weighted by atomic mass is 10.1. The van der Waals surface area contributed by atoms with Crippen LogP contribution in [0.3, 0.4) is 0 Å². The van der Waals surface area contributed by atoms with Crippen molar-refractivity contribution in [1.82, 2.24) is 4.98 Å². The van der Waals surface area contributed by atoms with Gasteiger partial charge in [0.1, 0.15) is 5.82 Å². The Kier molecular flexibility index (Phi) is 6.44. The molecule has 6 heteroatoms. The predicted octanol–water partition coefficient (Wildman–Crippen LogP) is 4.29. The third kappa shape index (κ3) is 5.10. The third-order valence-corrected chi connectivity index (χ3v) is 4.47. The van der Waals surface area contributed by atoms with E-state index in [0.29, 0.717) is 12.4 Å². The van der Waals surface area contributed by atoms with Gasteiger partial charge in [0.05, 0.1) is 6.54 Å². The summed E-state index contributed by atoms with van der Waals surface area (Å²) in [4.78, 5) is 21.0. The zero-order valence-electron chi connectivity index (χ0n) is 16.7. The van der Waals surface area contributed by atoms with E-state index in [0.717, 1.165) is 11.3 Å². The van der Waals surface area contributed by atoms with E-state index in [2.05, 4.69) is 4.98 Å². The third-order valence-electron chi connectivity index (χ3n) is 4.47. The summed E-state index contributed by atoms with van der Waals surface area (Å²) in [7, 11) is 3.95. The van der Waals surface area contributed by atoms with Crippen molar-refractivity contribution >= 4 is 17.4 Å². The number of benzene rings is 2. The Hall–Kier alpha value is -3.41. The quantitative estimate of drug-likeness (QED) is 0.601. The molecule has 2 aromatic carbocycles. The summed E-state index contributed by atoms with van der Waals surface area (Å²) in [6.07, 6.45) is 0.752. The van der Waals surface area contributed by atoms with Crippen molar-refractivity contribution < 1.29 is 13.9 Å². The molecule has 1 amide bonds. The zero-order chi connectivity index (χ0) is 20.8. The number of hydrogen-bond acceptors (Lipinski definition) is 4. The van der Waals surface area contributed by atoms with E-state index in [9.17, 15) is 9.18 Å². The number of hydrogen-bond donors (Lipinski definition) is 0. The van der Waals surface area contributed by atoms with Crippen LogP contribution in [0.25, 0.3) is 0 Å². The summed E-state index contributed by atoms with van der Waals surface area (Å²) < 4.78 is 19.5. The second kappa shape index (κ2) is 9.19. The van der Waals surface area contributed by atoms with Gasteiger partial charge >= 0.3 is 0 Å². The minimum absolute atomic E-state index is 0.0460. The smallest absolute Gasteiger partial charge is 0.269 e. The van der Waals surface area contributed by atoms with E-state index in [1.54, 1.807) is 42.3 Å². The van der Waals surface area contributed by atoms with Crippen molar-refractivity contribution in [2.24, 2.45) is 0 Å². The Morgan fingerprint density at radius 1 is 1.03 bits per heavy atom. The van der Waals surface area contributed by atoms with E-state index in [1.807, 2.05) is 49.3 Å². The molecule has 29 heavy (non-hydrogen) atoms. The molecule has 0 fully saturated rings. The Bertz CT molecular complexity index is 946. The highest BCUT2D eigenvalue weighted by Crippen LogP contribution is 2.21. The van der Waals surface area contributed by atoms with E-state index in [1.165, 1.54) is 12.1 Å². The maximum absolute atomic E-state index is 13.9. The van der Waals surface area contributed by atoms with Gasteiger partial charge in [0.15, 0.2) is 17.7 Å². The van der Waals surface area contributed by atoms with Crippen molar-refractivity contribution in [2.75, 3.05) is 23.9 Å². The zero-order valence-corrected chi connectivity index (χ0v) is 16.7. The minimum atomic E-state index is -0.880. The Morgan fingerprint density at radius 3 is 2.34 bits per heavy atom. The number of amides is 1. The lowest BCUT2D eigenvalue weighted by molar-refractivity contribution is -0.124. The van der Waals surface area contributed by atoms with Gasteiger partial charge < -0.3 is 9.64 Å². The monoisotopic (exact) mass is 393 g/mol. The first kappa shape index (κ1) is 20.3. The van der Waals surface area contributed by atoms with E-state index < -0.39 is 11.9 Å². The van der Waals surface area contributed by atoms with Crippen molar-refractivity contribution in [3.63, 3.8) is 0 Å². The predicted molar refractivity (Wildman–Crippen MR) is 113 cm³/mol. The Balaban J connectivity index is 1.83. The molecule has 1 aromatic heterocycles. The molecule has 3 rings (SSSR count). The maximum atomic E-state index is 13.9. The molecule has 0 radical (unpaired) electrons. The van der Waals surface area contributed by atoms with E-state index >= 15 is 0 Å². The topological polar surface area (TPSA) is 45.7 Å². The molecular weight excluding hydrogens is 369 g/mol. The summed E-state index contributed by atoms with van der Waals surface area (Å²) in [5, 5.41) is 0. The fraction of sp³-hybridized carbons (Fsp3) is 0.217. The van der Waals surface area contributed by atoms with Gasteiger partial charge in [-0.3, -0.25) is 9.69 Å². The maximum Gasteiger partial charge on any atom is 0.269 e. The van der Waals surface area contributed by atoms with Gasteiger partial charge in [-0.1, -0.05) is 30.3 Å². The number of para-hydroxylation sites is 1. The molecule has 1 atom stereocenters. The number of pyridine rings is 1. The fourth-order valence-corrected chi connectivity index (χ4v) is 2.87. The number of aromatic nitrogens is 1. The molecule has 0 saturated carbocycles. The summed E-state index contributed by atoms with van der Waals surface area (Å²) in [5.41, 5.74) is 2.02. The summed E-state index contributed by atoms with van der Waals surface area (Å²) in [5.74, 6) is -0.248. The molecule has 1 unspecified atom stereocenters. The average molecular weight is 393 g/mol. The lowest BCUT2D eigenvalue weighted by Gasteiger charge is -2.26. The summed E-state index contributed by atoms with van der Waals surface area (Å²) in [6.45, 7) is 1.94. The number of nitrogens with zero attached hydrogens (tertiary/aromatic N) is 3. The molecule has 3 aromatic rings. The molecule has 0 aliphatic carbocycles. The van der Waals surface area contributed by atoms with Crippen molar-refractivity contribution in [3.8, 4) is 5.75 Å². The highest BCUT2D eigenvalue weighted by atomic mass is 19.1. The van der Waals surface area contributed by atoms with Crippen LogP contribution in [0.1, 0.15) is 12.5 Å². The van der Waals surface area contributed by atoms with Crippen LogP contribution < -0.4 is 14.5 Å². The van der Waals surface area contributed by atoms with Crippen LogP contribution in [0.15, 0.2) is 72.9 Å². The number of carbonyl (C=O) groups is 1. The number of carbonyl (C=O) groups excluding carboxylic acids is 1. The van der Waals surface area contributed by atoms with Crippen molar-refractivity contribution in [2.45, 2.75) is 19.6 Å². The molecule has 0 saturated heterocycles. The van der Waals surface area contributed by atoms with Crippen LogP contribution in [0, 0.1) is 5.82 Å². The van der Waals surface area contributed by atoms with Gasteiger partial charge in [-0.15, -0.1) is 0 Å². The number of rotatable bonds is 7. The van der Waals surface area contributed by atoms with Gasteiger partial charge in [-0.2, -0.15) is 0 Å². The molecule has 0 bridgehead atoms. The molecule has 0 aliphatic heterocycles. The van der Waals surface area contributed by atoms with E-state index in [4.69, 9.17) is 4.74 Å². The van der Waals surface area contributed by atoms with E-state index in [-0.39, 0.29) is 11.7 Å². The highest BCUT2D eigenvalue weighted by molar-refractivity contribution is 5.95. The highest BCUT2D eigenvalue weighted by Gasteiger charge is 2.25. The summed E-state index contributed by atoms with van der Waals surface area (Å²) in [6, 6.07) is 19.4. The minimum Gasteiger partial charge on any atom is -0.478 e. The Morgan fingerprint density at radius 2 is 1.72 bits per heavy atom. The van der Waals surface area contributed by atoms with Crippen LogP contribution in [-0.4, -0.2) is 31.1 Å². The van der Waals surface area contributed by atoms with Gasteiger partial charge in [0, 0.05) is 26.0 Å². The molecule has 0 aliphatic rings. The number of anilines is 2. The first-order chi connectivity index (χ1) is 14.0. The van der Waals surface area contributed by atoms with Gasteiger partial charge in [0.25, 0.3) is 5.91 Å². The van der Waals surface area contributed by atoms with Crippen LogP contribution in [0.4, 0.5) is 15.9 Å². The second-order valence-corrected chi connectivity index (χ2v) is 6.86. The lowest BCUT2D eigenvalue weighted by Crippen LogP contribution is -2.40. The van der Waals surface area contributed by atoms with Crippen LogP contribution in [0.2, 0.25) is 0 Å². The first-order valence-corrected chi connectivity index (χ1v) is 9.35. The first-order valence-electron chi connectivity index (χ1n) is 9.35. The Labute approximate surface area is 170 Å². The van der Waals surface area contributed by atoms with Crippen LogP contribution in [-0.2, 0) is 11.3 Å². The van der Waals surface area contributed by atoms with Crippen molar-refractivity contribution in [1.29, 1.82) is 0 Å². The molecular formula is C23H24FN3O2. The number of ether oxygens (including phenoxy) is 1. The normalized spacial score (nSPS) is 11.6. The summed E-state index contributed by atoms with van der Waals surface area (Å²) >= 11 is 0. The van der Waals surface area contributed by atoms with Gasteiger partial charge in [-0.25, -0.2) is 9.37 Å². The molecule has 1 heterocycles. The second-order valence-electron chi connectivity index (χ2n) is 6.86. The van der Waals surface area contributed by atoms with Gasteiger partial charge in [0.2, 0.25) is 0 Å². The average Bonchev–Trinajstić information content (AvgIpc) is 2.74. The number of halogens is 1. The molecule has 5 nitrogen and oxygen atoms in total. The molecule has 0 N–H and O–H groups in total. The largest absolute Gasteiger partial charge is 0.478 e. The molecule has 0 spiro atoms. The molecule has 150 valence electrons.